The topological polar surface area (TPSA) is 74.8 Å². The molecule has 2 aromatic heterocycles. The first-order valence-corrected chi connectivity index (χ1v) is 5.21. The summed E-state index contributed by atoms with van der Waals surface area (Å²) in [6.07, 6.45) is 0. The second-order valence-corrected chi connectivity index (χ2v) is 4.39. The van der Waals surface area contributed by atoms with Crippen LogP contribution in [-0.4, -0.2) is 5.16 Å². The van der Waals surface area contributed by atoms with Gasteiger partial charge in [-0.05, 0) is 17.7 Å². The lowest BCUT2D eigenvalue weighted by atomic mass is 10.3. The third-order valence-corrected chi connectivity index (χ3v) is 2.92. The van der Waals surface area contributed by atoms with Crippen molar-refractivity contribution in [2.45, 2.75) is 6.54 Å². The average molecular weight is 241 g/mol. The number of halogens is 1. The van der Waals surface area contributed by atoms with Crippen molar-refractivity contribution in [1.82, 2.24) is 5.16 Å². The molecule has 0 atom stereocenters. The maximum absolute atomic E-state index is 8.14. The lowest BCUT2D eigenvalue weighted by Gasteiger charge is -1.83. The molecule has 0 aliphatic rings. The standard InChI is InChI=1S/C8H5ClN4OS/c9-8-2-1-7(15-8)6-3-5(12-14-6)4-11-13-10/h1-3H,4H2. The van der Waals surface area contributed by atoms with E-state index in [9.17, 15) is 0 Å². The lowest BCUT2D eigenvalue weighted by molar-refractivity contribution is 0.424. The molecular weight excluding hydrogens is 236 g/mol. The van der Waals surface area contributed by atoms with Crippen molar-refractivity contribution < 1.29 is 4.52 Å². The van der Waals surface area contributed by atoms with Crippen LogP contribution in [0.3, 0.4) is 0 Å². The van der Waals surface area contributed by atoms with Crippen molar-refractivity contribution in [2.24, 2.45) is 5.11 Å². The summed E-state index contributed by atoms with van der Waals surface area (Å²) in [4.78, 5) is 3.54. The molecule has 7 heteroatoms. The van der Waals surface area contributed by atoms with Crippen LogP contribution in [0, 0.1) is 0 Å². The molecule has 0 N–H and O–H groups in total. The summed E-state index contributed by atoms with van der Waals surface area (Å²) in [5.41, 5.74) is 8.74. The van der Waals surface area contributed by atoms with E-state index in [1.807, 2.05) is 6.07 Å². The van der Waals surface area contributed by atoms with Crippen molar-refractivity contribution in [2.75, 3.05) is 0 Å². The Morgan fingerprint density at radius 2 is 2.47 bits per heavy atom. The minimum atomic E-state index is 0.194. The lowest BCUT2D eigenvalue weighted by Crippen LogP contribution is -1.75. The highest BCUT2D eigenvalue weighted by molar-refractivity contribution is 7.19. The third-order valence-electron chi connectivity index (χ3n) is 1.67. The normalized spacial score (nSPS) is 9.93. The van der Waals surface area contributed by atoms with Gasteiger partial charge in [0.2, 0.25) is 0 Å². The van der Waals surface area contributed by atoms with E-state index >= 15 is 0 Å². The van der Waals surface area contributed by atoms with Gasteiger partial charge in [0.05, 0.1) is 21.5 Å². The molecule has 5 nitrogen and oxygen atoms in total. The number of nitrogens with zero attached hydrogens (tertiary/aromatic N) is 4. The molecule has 2 aromatic rings. The Kier molecular flexibility index (Phi) is 2.91. The summed E-state index contributed by atoms with van der Waals surface area (Å²) in [5, 5.41) is 7.15. The van der Waals surface area contributed by atoms with Crippen LogP contribution >= 0.6 is 22.9 Å². The largest absolute Gasteiger partial charge is 0.355 e. The second-order valence-electron chi connectivity index (χ2n) is 2.68. The fourth-order valence-corrected chi connectivity index (χ4v) is 2.04. The van der Waals surface area contributed by atoms with Crippen molar-refractivity contribution in [3.63, 3.8) is 0 Å². The first-order chi connectivity index (χ1) is 7.29. The smallest absolute Gasteiger partial charge is 0.177 e. The van der Waals surface area contributed by atoms with E-state index in [1.165, 1.54) is 11.3 Å². The van der Waals surface area contributed by atoms with Gasteiger partial charge < -0.3 is 4.52 Å². The number of aromatic nitrogens is 1. The number of azide groups is 1. The molecule has 0 saturated carbocycles. The third kappa shape index (κ3) is 2.30. The summed E-state index contributed by atoms with van der Waals surface area (Å²) in [6.45, 7) is 0.194. The van der Waals surface area contributed by atoms with Gasteiger partial charge in [-0.1, -0.05) is 21.9 Å². The van der Waals surface area contributed by atoms with Gasteiger partial charge in [0.25, 0.3) is 0 Å². The van der Waals surface area contributed by atoms with Gasteiger partial charge in [0, 0.05) is 11.0 Å². The van der Waals surface area contributed by atoms with Crippen LogP contribution in [0.1, 0.15) is 5.69 Å². The highest BCUT2D eigenvalue weighted by Crippen LogP contribution is 2.31. The molecule has 0 fully saturated rings. The first-order valence-electron chi connectivity index (χ1n) is 4.02. The van der Waals surface area contributed by atoms with Crippen LogP contribution < -0.4 is 0 Å². The zero-order valence-electron chi connectivity index (χ0n) is 7.42. The van der Waals surface area contributed by atoms with Crippen molar-refractivity contribution in [3.8, 4) is 10.6 Å². The molecule has 2 rings (SSSR count). The van der Waals surface area contributed by atoms with Crippen LogP contribution in [0.25, 0.3) is 21.1 Å². The Bertz CT molecular complexity index is 514. The monoisotopic (exact) mass is 240 g/mol. The van der Waals surface area contributed by atoms with Gasteiger partial charge in [-0.2, -0.15) is 0 Å². The summed E-state index contributed by atoms with van der Waals surface area (Å²) in [7, 11) is 0. The minimum Gasteiger partial charge on any atom is -0.355 e. The highest BCUT2D eigenvalue weighted by atomic mass is 35.5. The zero-order valence-corrected chi connectivity index (χ0v) is 8.99. The Hall–Kier alpha value is -1.49. The van der Waals surface area contributed by atoms with Crippen LogP contribution in [-0.2, 0) is 6.54 Å². The molecule has 0 amide bonds. The molecule has 0 saturated heterocycles. The van der Waals surface area contributed by atoms with E-state index in [1.54, 1.807) is 12.1 Å². The Morgan fingerprint density at radius 1 is 1.60 bits per heavy atom. The van der Waals surface area contributed by atoms with Gasteiger partial charge >= 0.3 is 0 Å². The number of hydrogen-bond acceptors (Lipinski definition) is 4. The number of thiophene rings is 1. The molecule has 0 bridgehead atoms. The minimum absolute atomic E-state index is 0.194. The SMILES string of the molecule is [N-]=[N+]=NCc1cc(-c2ccc(Cl)s2)on1. The Balaban J connectivity index is 2.23. The molecule has 0 spiro atoms. The predicted octanol–water partition coefficient (Wildman–Crippen LogP) is 3.87. The van der Waals surface area contributed by atoms with E-state index in [-0.39, 0.29) is 6.54 Å². The number of hydrogen-bond donors (Lipinski definition) is 0. The van der Waals surface area contributed by atoms with E-state index in [2.05, 4.69) is 15.2 Å². The van der Waals surface area contributed by atoms with Crippen LogP contribution in [0.5, 0.6) is 0 Å². The predicted molar refractivity (Wildman–Crippen MR) is 57.7 cm³/mol. The van der Waals surface area contributed by atoms with E-state index < -0.39 is 0 Å². The summed E-state index contributed by atoms with van der Waals surface area (Å²) >= 11 is 7.20. The molecule has 15 heavy (non-hydrogen) atoms. The fraction of sp³-hybridized carbons (Fsp3) is 0.125. The highest BCUT2D eigenvalue weighted by Gasteiger charge is 2.08. The number of rotatable bonds is 3. The quantitative estimate of drug-likeness (QED) is 0.464. The molecule has 76 valence electrons. The van der Waals surface area contributed by atoms with E-state index in [4.69, 9.17) is 21.7 Å². The zero-order chi connectivity index (χ0) is 10.7. The van der Waals surface area contributed by atoms with Gasteiger partial charge in [-0.15, -0.1) is 11.3 Å². The van der Waals surface area contributed by atoms with E-state index in [0.717, 1.165) is 4.88 Å². The summed E-state index contributed by atoms with van der Waals surface area (Å²) < 4.78 is 5.77. The molecule has 2 heterocycles. The molecule has 0 aliphatic carbocycles. The van der Waals surface area contributed by atoms with Gasteiger partial charge in [-0.25, -0.2) is 0 Å². The maximum atomic E-state index is 8.14. The first kappa shape index (κ1) is 10.0. The van der Waals surface area contributed by atoms with Crippen molar-refractivity contribution in [1.29, 1.82) is 0 Å². The molecule has 0 aliphatic heterocycles. The Morgan fingerprint density at radius 3 is 3.13 bits per heavy atom. The van der Waals surface area contributed by atoms with E-state index in [0.29, 0.717) is 15.8 Å². The molecule has 0 radical (unpaired) electrons. The van der Waals surface area contributed by atoms with Gasteiger partial charge in [0.1, 0.15) is 0 Å². The van der Waals surface area contributed by atoms with Crippen LogP contribution in [0.4, 0.5) is 0 Å². The average Bonchev–Trinajstić information content (AvgIpc) is 2.83. The fourth-order valence-electron chi connectivity index (χ4n) is 1.05. The molecule has 0 unspecified atom stereocenters. The maximum Gasteiger partial charge on any atom is 0.177 e. The van der Waals surface area contributed by atoms with Crippen LogP contribution in [0.2, 0.25) is 4.34 Å². The van der Waals surface area contributed by atoms with Crippen LogP contribution in [0.15, 0.2) is 27.8 Å². The Labute approximate surface area is 93.9 Å². The second kappa shape index (κ2) is 4.35. The van der Waals surface area contributed by atoms with Crippen molar-refractivity contribution >= 4 is 22.9 Å². The van der Waals surface area contributed by atoms with Gasteiger partial charge in [-0.3, -0.25) is 0 Å². The summed E-state index contributed by atoms with van der Waals surface area (Å²) in [5.74, 6) is 0.634. The summed E-state index contributed by atoms with van der Waals surface area (Å²) in [6, 6.07) is 5.37. The van der Waals surface area contributed by atoms with Crippen molar-refractivity contribution in [3.05, 3.63) is 38.7 Å². The molecular formula is C8H5ClN4OS. The van der Waals surface area contributed by atoms with Gasteiger partial charge in [0.15, 0.2) is 5.76 Å². The molecule has 0 aromatic carbocycles.